The van der Waals surface area contributed by atoms with Crippen molar-refractivity contribution >= 4 is 0 Å². The minimum absolute atomic E-state index is 0.0834. The molecule has 0 nitrogen and oxygen atoms in total. The van der Waals surface area contributed by atoms with Crippen LogP contribution in [-0.2, 0) is 0 Å². The van der Waals surface area contributed by atoms with E-state index in [-0.39, 0.29) is 5.82 Å². The van der Waals surface area contributed by atoms with E-state index in [0.717, 1.165) is 5.56 Å². The minimum atomic E-state index is -0.0834. The zero-order valence-electron chi connectivity index (χ0n) is 12.1. The number of hydrogen-bond acceptors (Lipinski definition) is 0. The first kappa shape index (κ1) is 15.2. The van der Waals surface area contributed by atoms with Crippen LogP contribution in [0.5, 0.6) is 0 Å². The Morgan fingerprint density at radius 2 is 1.78 bits per heavy atom. The summed E-state index contributed by atoms with van der Waals surface area (Å²) >= 11 is 0. The van der Waals surface area contributed by atoms with Gasteiger partial charge in [0.1, 0.15) is 5.82 Å². The highest BCUT2D eigenvalue weighted by Crippen LogP contribution is 2.28. The summed E-state index contributed by atoms with van der Waals surface area (Å²) in [4.78, 5) is 0. The zero-order valence-corrected chi connectivity index (χ0v) is 12.1. The van der Waals surface area contributed by atoms with Crippen molar-refractivity contribution in [3.05, 3.63) is 35.1 Å². The molecule has 0 aliphatic carbocycles. The average molecular weight is 250 g/mol. The molecule has 1 unspecified atom stereocenters. The van der Waals surface area contributed by atoms with Crippen LogP contribution in [0.3, 0.4) is 0 Å². The number of hydrogen-bond donors (Lipinski definition) is 0. The second kappa shape index (κ2) is 8.29. The monoisotopic (exact) mass is 250 g/mol. The van der Waals surface area contributed by atoms with Gasteiger partial charge in [0.15, 0.2) is 0 Å². The molecule has 0 aliphatic heterocycles. The third kappa shape index (κ3) is 4.80. The Bertz CT molecular complexity index is 343. The number of halogens is 1. The lowest BCUT2D eigenvalue weighted by molar-refractivity contribution is 0.519. The number of benzene rings is 1. The zero-order chi connectivity index (χ0) is 13.4. The molecule has 0 spiro atoms. The summed E-state index contributed by atoms with van der Waals surface area (Å²) in [5.41, 5.74) is 2.11. The molecule has 0 aromatic heterocycles. The largest absolute Gasteiger partial charge is 0.207 e. The number of aryl methyl sites for hydroxylation is 1. The molecular weight excluding hydrogens is 223 g/mol. The van der Waals surface area contributed by atoms with Crippen molar-refractivity contribution in [1.82, 2.24) is 0 Å². The molecule has 1 aromatic rings. The lowest BCUT2D eigenvalue weighted by Gasteiger charge is -2.17. The lowest BCUT2D eigenvalue weighted by Crippen LogP contribution is -2.00. The van der Waals surface area contributed by atoms with Gasteiger partial charge in [-0.1, -0.05) is 58.1 Å². The quantitative estimate of drug-likeness (QED) is 0.497. The van der Waals surface area contributed by atoms with E-state index in [4.69, 9.17) is 0 Å². The highest BCUT2D eigenvalue weighted by Gasteiger charge is 2.11. The minimum Gasteiger partial charge on any atom is -0.207 e. The Kier molecular flexibility index (Phi) is 7.00. The van der Waals surface area contributed by atoms with Crippen LogP contribution in [-0.4, -0.2) is 0 Å². The van der Waals surface area contributed by atoms with Crippen molar-refractivity contribution in [2.24, 2.45) is 0 Å². The fourth-order valence-electron chi connectivity index (χ4n) is 2.57. The third-order valence-electron chi connectivity index (χ3n) is 3.70. The lowest BCUT2D eigenvalue weighted by atomic mass is 9.88. The molecule has 1 heteroatoms. The molecule has 0 saturated carbocycles. The van der Waals surface area contributed by atoms with Crippen LogP contribution in [0.15, 0.2) is 18.2 Å². The SMILES string of the molecule is CCCCCCC(CCC)c1ccc(F)c(C)c1. The Labute approximate surface area is 112 Å². The van der Waals surface area contributed by atoms with Crippen LogP contribution in [0.4, 0.5) is 4.39 Å². The fourth-order valence-corrected chi connectivity index (χ4v) is 2.57. The Morgan fingerprint density at radius 1 is 1.00 bits per heavy atom. The molecule has 1 atom stereocenters. The summed E-state index contributed by atoms with van der Waals surface area (Å²) in [6.45, 7) is 6.33. The van der Waals surface area contributed by atoms with Gasteiger partial charge in [0.2, 0.25) is 0 Å². The topological polar surface area (TPSA) is 0 Å². The molecule has 0 radical (unpaired) electrons. The van der Waals surface area contributed by atoms with Crippen LogP contribution < -0.4 is 0 Å². The fraction of sp³-hybridized carbons (Fsp3) is 0.647. The van der Waals surface area contributed by atoms with Crippen molar-refractivity contribution in [3.8, 4) is 0 Å². The molecule has 1 aromatic carbocycles. The van der Waals surface area contributed by atoms with Gasteiger partial charge in [0, 0.05) is 0 Å². The number of rotatable bonds is 8. The van der Waals surface area contributed by atoms with Crippen LogP contribution >= 0.6 is 0 Å². The molecule has 0 aliphatic rings. The molecule has 0 N–H and O–H groups in total. The predicted octanol–water partition coefficient (Wildman–Crippen LogP) is 5.99. The number of unbranched alkanes of at least 4 members (excludes halogenated alkanes) is 3. The van der Waals surface area contributed by atoms with Crippen molar-refractivity contribution in [3.63, 3.8) is 0 Å². The van der Waals surface area contributed by atoms with Crippen LogP contribution in [0.2, 0.25) is 0 Å². The second-order valence-corrected chi connectivity index (χ2v) is 5.34. The van der Waals surface area contributed by atoms with Gasteiger partial charge in [-0.15, -0.1) is 0 Å². The predicted molar refractivity (Wildman–Crippen MR) is 77.5 cm³/mol. The molecular formula is C17H27F. The van der Waals surface area contributed by atoms with Gasteiger partial charge in [-0.25, -0.2) is 4.39 Å². The highest BCUT2D eigenvalue weighted by molar-refractivity contribution is 5.26. The molecule has 1 rings (SSSR count). The summed E-state index contributed by atoms with van der Waals surface area (Å²) in [6.07, 6.45) is 8.92. The molecule has 0 amide bonds. The Hall–Kier alpha value is -0.850. The van der Waals surface area contributed by atoms with Crippen molar-refractivity contribution in [2.75, 3.05) is 0 Å². The Balaban J connectivity index is 2.61. The van der Waals surface area contributed by atoms with E-state index in [1.807, 2.05) is 19.1 Å². The normalized spacial score (nSPS) is 12.7. The van der Waals surface area contributed by atoms with Crippen molar-refractivity contribution < 1.29 is 4.39 Å². The van der Waals surface area contributed by atoms with E-state index in [9.17, 15) is 4.39 Å². The van der Waals surface area contributed by atoms with Gasteiger partial charge < -0.3 is 0 Å². The first-order chi connectivity index (χ1) is 8.69. The standard InChI is InChI=1S/C17H27F/c1-4-6-7-8-10-15(9-5-2)16-11-12-17(18)14(3)13-16/h11-13,15H,4-10H2,1-3H3. The molecule has 18 heavy (non-hydrogen) atoms. The van der Waals surface area contributed by atoms with E-state index < -0.39 is 0 Å². The van der Waals surface area contributed by atoms with Crippen molar-refractivity contribution in [1.29, 1.82) is 0 Å². The average Bonchev–Trinajstić information content (AvgIpc) is 2.37. The third-order valence-corrected chi connectivity index (χ3v) is 3.70. The van der Waals surface area contributed by atoms with Gasteiger partial charge in [-0.3, -0.25) is 0 Å². The van der Waals surface area contributed by atoms with Gasteiger partial charge in [0.25, 0.3) is 0 Å². The maximum Gasteiger partial charge on any atom is 0.126 e. The second-order valence-electron chi connectivity index (χ2n) is 5.34. The summed E-state index contributed by atoms with van der Waals surface area (Å²) in [6, 6.07) is 5.64. The highest BCUT2D eigenvalue weighted by atomic mass is 19.1. The van der Waals surface area contributed by atoms with Crippen LogP contribution in [0.25, 0.3) is 0 Å². The first-order valence-electron chi connectivity index (χ1n) is 7.45. The van der Waals surface area contributed by atoms with Gasteiger partial charge in [-0.05, 0) is 42.9 Å². The van der Waals surface area contributed by atoms with E-state index in [1.165, 1.54) is 50.5 Å². The Morgan fingerprint density at radius 3 is 2.39 bits per heavy atom. The van der Waals surface area contributed by atoms with Crippen molar-refractivity contribution in [2.45, 2.75) is 71.6 Å². The summed E-state index contributed by atoms with van der Waals surface area (Å²) < 4.78 is 13.3. The maximum absolute atomic E-state index is 13.3. The first-order valence-corrected chi connectivity index (χ1v) is 7.45. The molecule has 0 fully saturated rings. The van der Waals surface area contributed by atoms with Gasteiger partial charge >= 0.3 is 0 Å². The molecule has 0 heterocycles. The maximum atomic E-state index is 13.3. The van der Waals surface area contributed by atoms with Crippen LogP contribution in [0.1, 0.15) is 75.8 Å². The van der Waals surface area contributed by atoms with E-state index in [1.54, 1.807) is 6.07 Å². The summed E-state index contributed by atoms with van der Waals surface area (Å²) in [7, 11) is 0. The molecule has 0 bridgehead atoms. The van der Waals surface area contributed by atoms with E-state index >= 15 is 0 Å². The smallest absolute Gasteiger partial charge is 0.126 e. The summed E-state index contributed by atoms with van der Waals surface area (Å²) in [5.74, 6) is 0.533. The van der Waals surface area contributed by atoms with Gasteiger partial charge in [-0.2, -0.15) is 0 Å². The molecule has 0 saturated heterocycles. The van der Waals surface area contributed by atoms with E-state index in [0.29, 0.717) is 5.92 Å². The molecule has 102 valence electrons. The van der Waals surface area contributed by atoms with Crippen LogP contribution in [0, 0.1) is 12.7 Å². The van der Waals surface area contributed by atoms with Gasteiger partial charge in [0.05, 0.1) is 0 Å². The van der Waals surface area contributed by atoms with E-state index in [2.05, 4.69) is 13.8 Å². The summed E-state index contributed by atoms with van der Waals surface area (Å²) in [5, 5.41) is 0.